The molecule has 0 amide bonds. The van der Waals surface area contributed by atoms with Crippen molar-refractivity contribution in [2.24, 2.45) is 0 Å². The van der Waals surface area contributed by atoms with Crippen LogP contribution in [0, 0.1) is 0 Å². The molecule has 0 saturated heterocycles. The lowest BCUT2D eigenvalue weighted by molar-refractivity contribution is 0.802. The summed E-state index contributed by atoms with van der Waals surface area (Å²) in [5.41, 5.74) is 17.9. The zero-order valence-corrected chi connectivity index (χ0v) is 34.4. The zero-order valence-electron chi connectivity index (χ0n) is 34.4. The van der Waals surface area contributed by atoms with Crippen molar-refractivity contribution >= 4 is 53.9 Å². The SMILES string of the molecule is c1ccc(-c2ccccc2-c2c3ccccc3c(-c3ccc4c5c(c6ccccc6c4c3)-c3c(ccc4ccccc34)C53c4ccccc4-c4ccccc43)c3ccccc23)cc1. The Morgan fingerprint density at radius 3 is 1.37 bits per heavy atom. The lowest BCUT2D eigenvalue weighted by atomic mass is 9.69. The first-order valence-electron chi connectivity index (χ1n) is 22.1. The van der Waals surface area contributed by atoms with Crippen molar-refractivity contribution in [1.29, 1.82) is 0 Å². The molecule has 0 heterocycles. The van der Waals surface area contributed by atoms with Gasteiger partial charge >= 0.3 is 0 Å². The van der Waals surface area contributed by atoms with Crippen molar-refractivity contribution in [3.63, 3.8) is 0 Å². The summed E-state index contributed by atoms with van der Waals surface area (Å²) in [6.07, 6.45) is 0. The van der Waals surface area contributed by atoms with Gasteiger partial charge in [0, 0.05) is 0 Å². The van der Waals surface area contributed by atoms with Gasteiger partial charge in [0.25, 0.3) is 0 Å². The van der Waals surface area contributed by atoms with Gasteiger partial charge in [0.2, 0.25) is 0 Å². The fourth-order valence-corrected chi connectivity index (χ4v) is 12.1. The highest BCUT2D eigenvalue weighted by atomic mass is 14.5. The summed E-state index contributed by atoms with van der Waals surface area (Å²) in [6.45, 7) is 0. The van der Waals surface area contributed by atoms with Crippen LogP contribution in [0.15, 0.2) is 231 Å². The van der Waals surface area contributed by atoms with Gasteiger partial charge in [0.15, 0.2) is 0 Å². The average Bonchev–Trinajstić information content (AvgIpc) is 3.84. The van der Waals surface area contributed by atoms with Crippen LogP contribution in [0.1, 0.15) is 22.3 Å². The highest BCUT2D eigenvalue weighted by Crippen LogP contribution is 2.66. The standard InChI is InChI=1S/C63H38/c1-2-18-39(19-3-1)42-21-6-8-26-47(42)59-51-30-12-10-28-49(51)58(50-29-11-13-31-52(50)59)41-34-36-53-54(38-41)44-23-7-9-27-48(44)61-60-43-22-5-4-20-40(43)35-37-57(60)63(62(53)61)55-32-16-14-24-45(55)46-25-15-17-33-56(46)63/h1-38H. The molecule has 0 N–H and O–H groups in total. The Bertz CT molecular complexity index is 3800. The number of hydrogen-bond acceptors (Lipinski definition) is 0. The second-order valence-corrected chi connectivity index (χ2v) is 17.4. The minimum Gasteiger partial charge on any atom is -0.0622 e. The molecule has 0 atom stereocenters. The van der Waals surface area contributed by atoms with E-state index in [0.29, 0.717) is 0 Å². The fraction of sp³-hybridized carbons (Fsp3) is 0.0159. The van der Waals surface area contributed by atoms with Crippen molar-refractivity contribution < 1.29 is 0 Å². The van der Waals surface area contributed by atoms with Gasteiger partial charge in [0.1, 0.15) is 0 Å². The van der Waals surface area contributed by atoms with Crippen molar-refractivity contribution in [3.8, 4) is 55.6 Å². The molecule has 0 saturated carbocycles. The Hall–Kier alpha value is -8.06. The summed E-state index contributed by atoms with van der Waals surface area (Å²) < 4.78 is 0. The van der Waals surface area contributed by atoms with Crippen LogP contribution in [0.2, 0.25) is 0 Å². The van der Waals surface area contributed by atoms with Crippen LogP contribution >= 0.6 is 0 Å². The summed E-state index contributed by atoms with van der Waals surface area (Å²) in [5.74, 6) is 0. The van der Waals surface area contributed by atoms with Crippen LogP contribution < -0.4 is 0 Å². The highest BCUT2D eigenvalue weighted by molar-refractivity contribution is 6.26. The first-order valence-corrected chi connectivity index (χ1v) is 22.1. The molecule has 2 aliphatic rings. The molecule has 0 nitrogen and oxygen atoms in total. The lowest BCUT2D eigenvalue weighted by Gasteiger charge is -2.32. The van der Waals surface area contributed by atoms with Gasteiger partial charge in [-0.05, 0) is 138 Å². The van der Waals surface area contributed by atoms with E-state index in [1.807, 2.05) is 0 Å². The first kappa shape index (κ1) is 34.6. The topological polar surface area (TPSA) is 0 Å². The largest absolute Gasteiger partial charge is 0.0732 e. The van der Waals surface area contributed by atoms with E-state index in [0.717, 1.165) is 0 Å². The summed E-state index contributed by atoms with van der Waals surface area (Å²) >= 11 is 0. The molecule has 12 aromatic carbocycles. The van der Waals surface area contributed by atoms with Gasteiger partial charge in [-0.2, -0.15) is 0 Å². The van der Waals surface area contributed by atoms with Crippen molar-refractivity contribution in [2.45, 2.75) is 5.41 Å². The summed E-state index contributed by atoms with van der Waals surface area (Å²) in [4.78, 5) is 0. The lowest BCUT2D eigenvalue weighted by Crippen LogP contribution is -2.26. The quantitative estimate of drug-likeness (QED) is 0.123. The van der Waals surface area contributed by atoms with E-state index in [2.05, 4.69) is 231 Å². The third kappa shape index (κ3) is 4.54. The summed E-state index contributed by atoms with van der Waals surface area (Å²) in [5, 5.41) is 12.8. The predicted octanol–water partition coefficient (Wildman–Crippen LogP) is 16.8. The molecule has 0 aromatic heterocycles. The van der Waals surface area contributed by atoms with Crippen LogP contribution in [-0.4, -0.2) is 0 Å². The smallest absolute Gasteiger partial charge is 0.0622 e. The summed E-state index contributed by atoms with van der Waals surface area (Å²) in [6, 6.07) is 86.6. The molecule has 1 spiro atoms. The minimum absolute atomic E-state index is 0.487. The minimum atomic E-state index is -0.487. The van der Waals surface area contributed by atoms with E-state index >= 15 is 0 Å². The van der Waals surface area contributed by atoms with Crippen molar-refractivity contribution in [1.82, 2.24) is 0 Å². The molecular weight excluding hydrogens is 757 g/mol. The van der Waals surface area contributed by atoms with E-state index in [1.54, 1.807) is 0 Å². The Morgan fingerprint density at radius 1 is 0.222 bits per heavy atom. The van der Waals surface area contributed by atoms with E-state index in [-0.39, 0.29) is 0 Å². The molecule has 12 aromatic rings. The van der Waals surface area contributed by atoms with Crippen molar-refractivity contribution in [2.75, 3.05) is 0 Å². The van der Waals surface area contributed by atoms with Gasteiger partial charge in [-0.3, -0.25) is 0 Å². The van der Waals surface area contributed by atoms with Crippen LogP contribution in [0.3, 0.4) is 0 Å². The Morgan fingerprint density at radius 2 is 0.714 bits per heavy atom. The second kappa shape index (κ2) is 13.0. The average molecular weight is 795 g/mol. The second-order valence-electron chi connectivity index (χ2n) is 17.4. The van der Waals surface area contributed by atoms with Gasteiger partial charge in [0.05, 0.1) is 5.41 Å². The fourth-order valence-electron chi connectivity index (χ4n) is 12.1. The molecule has 0 unspecified atom stereocenters. The maximum atomic E-state index is 2.52. The number of benzene rings is 12. The number of hydrogen-bond donors (Lipinski definition) is 0. The highest BCUT2D eigenvalue weighted by Gasteiger charge is 2.53. The molecule has 2 aliphatic carbocycles. The van der Waals surface area contributed by atoms with Crippen LogP contribution in [0.4, 0.5) is 0 Å². The zero-order chi connectivity index (χ0) is 41.2. The maximum Gasteiger partial charge on any atom is 0.0732 e. The molecule has 0 bridgehead atoms. The molecule has 14 rings (SSSR count). The van der Waals surface area contributed by atoms with Crippen molar-refractivity contribution in [3.05, 3.63) is 253 Å². The van der Waals surface area contributed by atoms with E-state index in [9.17, 15) is 0 Å². The van der Waals surface area contributed by atoms with E-state index < -0.39 is 5.41 Å². The molecule has 0 radical (unpaired) electrons. The molecule has 0 fully saturated rings. The monoisotopic (exact) mass is 794 g/mol. The number of fused-ring (bicyclic) bond motifs is 19. The first-order chi connectivity index (χ1) is 31.3. The normalized spacial score (nSPS) is 13.2. The molecule has 0 aliphatic heterocycles. The van der Waals surface area contributed by atoms with Gasteiger partial charge in [-0.25, -0.2) is 0 Å². The van der Waals surface area contributed by atoms with Crippen LogP contribution in [-0.2, 0) is 5.41 Å². The molecule has 290 valence electrons. The maximum absolute atomic E-state index is 2.52. The Labute approximate surface area is 366 Å². The molecular formula is C63H38. The third-order valence-corrected chi connectivity index (χ3v) is 14.4. The summed E-state index contributed by atoms with van der Waals surface area (Å²) in [7, 11) is 0. The van der Waals surface area contributed by atoms with E-state index in [1.165, 1.54) is 132 Å². The van der Waals surface area contributed by atoms with Crippen LogP contribution in [0.25, 0.3) is 109 Å². The Kier molecular flexibility index (Phi) is 7.13. The van der Waals surface area contributed by atoms with Gasteiger partial charge in [-0.1, -0.05) is 224 Å². The Balaban J connectivity index is 1.12. The molecule has 63 heavy (non-hydrogen) atoms. The van der Waals surface area contributed by atoms with Crippen LogP contribution in [0.5, 0.6) is 0 Å². The molecule has 0 heteroatoms. The van der Waals surface area contributed by atoms with Gasteiger partial charge < -0.3 is 0 Å². The predicted molar refractivity (Wildman–Crippen MR) is 267 cm³/mol. The van der Waals surface area contributed by atoms with Gasteiger partial charge in [-0.15, -0.1) is 0 Å². The number of rotatable bonds is 3. The third-order valence-electron chi connectivity index (χ3n) is 14.4. The van der Waals surface area contributed by atoms with E-state index in [4.69, 9.17) is 0 Å².